The van der Waals surface area contributed by atoms with E-state index in [1.54, 1.807) is 17.4 Å². The van der Waals surface area contributed by atoms with Gasteiger partial charge in [0.05, 0.1) is 15.8 Å². The maximum atomic E-state index is 13.0. The van der Waals surface area contributed by atoms with Gasteiger partial charge in [0, 0.05) is 22.4 Å². The smallest absolute Gasteiger partial charge is 0.347 e. The van der Waals surface area contributed by atoms with Gasteiger partial charge < -0.3 is 9.88 Å². The molecule has 3 nitrogen and oxygen atoms in total. The van der Waals surface area contributed by atoms with E-state index in [-0.39, 0.29) is 12.5 Å². The van der Waals surface area contributed by atoms with Crippen molar-refractivity contribution in [2.24, 2.45) is 0 Å². The van der Waals surface area contributed by atoms with Crippen molar-refractivity contribution < 1.29 is 18.0 Å². The highest BCUT2D eigenvalue weighted by molar-refractivity contribution is 9.10. The number of hydrogen-bond acceptors (Lipinski definition) is 2. The van der Waals surface area contributed by atoms with Gasteiger partial charge in [0.1, 0.15) is 5.69 Å². The molecule has 0 saturated carbocycles. The first-order valence-electron chi connectivity index (χ1n) is 9.49. The van der Waals surface area contributed by atoms with Crippen LogP contribution >= 0.6 is 27.3 Å². The Labute approximate surface area is 189 Å². The van der Waals surface area contributed by atoms with Crippen LogP contribution in [0.25, 0.3) is 10.2 Å². The zero-order valence-electron chi connectivity index (χ0n) is 16.5. The van der Waals surface area contributed by atoms with Crippen LogP contribution in [0.1, 0.15) is 32.1 Å². The average Bonchev–Trinajstić information content (AvgIpc) is 3.24. The molecule has 0 aliphatic carbocycles. The maximum absolute atomic E-state index is 13.0. The van der Waals surface area contributed by atoms with Crippen LogP contribution < -0.4 is 5.32 Å². The van der Waals surface area contributed by atoms with Gasteiger partial charge in [-0.15, -0.1) is 11.3 Å². The molecular formula is C23H18BrF3N2OS. The molecule has 1 amide bonds. The van der Waals surface area contributed by atoms with E-state index in [1.807, 2.05) is 47.9 Å². The number of fused-ring (bicyclic) bond motifs is 1. The van der Waals surface area contributed by atoms with E-state index in [0.717, 1.165) is 37.3 Å². The Bertz CT molecular complexity index is 1240. The molecule has 0 spiro atoms. The molecule has 31 heavy (non-hydrogen) atoms. The third-order valence-electron chi connectivity index (χ3n) is 4.91. The lowest BCUT2D eigenvalue weighted by molar-refractivity contribution is -0.137. The summed E-state index contributed by atoms with van der Waals surface area (Å²) < 4.78 is 42.7. The number of carbonyl (C=O) groups is 1. The Balaban J connectivity index is 1.59. The number of carbonyl (C=O) groups excluding carboxylic acids is 1. The lowest BCUT2D eigenvalue weighted by Gasteiger charge is -2.12. The van der Waals surface area contributed by atoms with Gasteiger partial charge in [-0.3, -0.25) is 4.79 Å². The van der Waals surface area contributed by atoms with Crippen LogP contribution in [0.5, 0.6) is 0 Å². The van der Waals surface area contributed by atoms with Crippen molar-refractivity contribution in [3.8, 4) is 0 Å². The molecule has 0 aliphatic rings. The molecule has 4 rings (SSSR count). The predicted octanol–water partition coefficient (Wildman–Crippen LogP) is 6.77. The lowest BCUT2D eigenvalue weighted by Crippen LogP contribution is -2.25. The average molecular weight is 507 g/mol. The van der Waals surface area contributed by atoms with Crippen molar-refractivity contribution in [3.63, 3.8) is 0 Å². The minimum absolute atomic E-state index is 0.0128. The maximum Gasteiger partial charge on any atom is 0.416 e. The van der Waals surface area contributed by atoms with Crippen LogP contribution in [0.3, 0.4) is 0 Å². The van der Waals surface area contributed by atoms with E-state index in [4.69, 9.17) is 0 Å². The molecule has 2 heterocycles. The van der Waals surface area contributed by atoms with Gasteiger partial charge in [-0.05, 0) is 54.4 Å². The van der Waals surface area contributed by atoms with Crippen LogP contribution in [-0.4, -0.2) is 10.5 Å². The number of aromatic nitrogens is 1. The second kappa shape index (κ2) is 8.51. The Kier molecular flexibility index (Phi) is 5.94. The number of halogens is 4. The molecular weight excluding hydrogens is 489 g/mol. The van der Waals surface area contributed by atoms with Gasteiger partial charge in [0.2, 0.25) is 0 Å². The van der Waals surface area contributed by atoms with Gasteiger partial charge in [0.25, 0.3) is 5.91 Å². The van der Waals surface area contributed by atoms with Gasteiger partial charge in [-0.1, -0.05) is 40.2 Å². The molecule has 4 aromatic rings. The summed E-state index contributed by atoms with van der Waals surface area (Å²) in [6.07, 6.45) is -4.42. The summed E-state index contributed by atoms with van der Waals surface area (Å²) >= 11 is 5.03. The highest BCUT2D eigenvalue weighted by Gasteiger charge is 2.30. The van der Waals surface area contributed by atoms with Crippen LogP contribution in [0.2, 0.25) is 0 Å². The highest BCUT2D eigenvalue weighted by atomic mass is 79.9. The number of thiophene rings is 1. The Hall–Kier alpha value is -2.58. The van der Waals surface area contributed by atoms with Crippen molar-refractivity contribution in [2.45, 2.75) is 26.2 Å². The largest absolute Gasteiger partial charge is 0.416 e. The molecule has 0 fully saturated rings. The Morgan fingerprint density at radius 1 is 1.06 bits per heavy atom. The predicted molar refractivity (Wildman–Crippen MR) is 120 cm³/mol. The van der Waals surface area contributed by atoms with Crippen LogP contribution in [0, 0.1) is 6.92 Å². The van der Waals surface area contributed by atoms with E-state index >= 15 is 0 Å². The number of alkyl halides is 3. The van der Waals surface area contributed by atoms with Crippen molar-refractivity contribution in [2.75, 3.05) is 0 Å². The van der Waals surface area contributed by atoms with E-state index in [0.29, 0.717) is 17.8 Å². The van der Waals surface area contributed by atoms with E-state index < -0.39 is 11.7 Å². The second-order valence-electron chi connectivity index (χ2n) is 7.23. The summed E-state index contributed by atoms with van der Waals surface area (Å²) in [6, 6.07) is 16.7. The SMILES string of the molecule is Cc1cc2c(cc(C(=O)NCc3cccc(C(F)(F)F)c3)n2Cc2ccc(Br)cc2)s1. The number of rotatable bonds is 5. The molecule has 0 aliphatic heterocycles. The number of benzene rings is 2. The van der Waals surface area contributed by atoms with E-state index in [1.165, 1.54) is 6.07 Å². The fraction of sp³-hybridized carbons (Fsp3) is 0.174. The number of amides is 1. The fourth-order valence-electron chi connectivity index (χ4n) is 3.43. The van der Waals surface area contributed by atoms with E-state index in [9.17, 15) is 18.0 Å². The second-order valence-corrected chi connectivity index (χ2v) is 9.43. The topological polar surface area (TPSA) is 34.0 Å². The van der Waals surface area contributed by atoms with Gasteiger partial charge in [-0.2, -0.15) is 13.2 Å². The number of nitrogens with zero attached hydrogens (tertiary/aromatic N) is 1. The van der Waals surface area contributed by atoms with Gasteiger partial charge >= 0.3 is 6.18 Å². The minimum atomic E-state index is -4.42. The molecule has 2 aromatic carbocycles. The van der Waals surface area contributed by atoms with Crippen molar-refractivity contribution >= 4 is 43.4 Å². The molecule has 0 bridgehead atoms. The first-order chi connectivity index (χ1) is 14.7. The molecule has 160 valence electrons. The summed E-state index contributed by atoms with van der Waals surface area (Å²) in [7, 11) is 0. The number of aryl methyl sites for hydroxylation is 1. The van der Waals surface area contributed by atoms with Gasteiger partial charge in [-0.25, -0.2) is 0 Å². The number of hydrogen-bond donors (Lipinski definition) is 1. The standard InChI is InChI=1S/C23H18BrF3N2OS/c1-14-9-19-21(31-14)11-20(29(19)13-15-5-7-18(24)8-6-15)22(30)28-12-16-3-2-4-17(10-16)23(25,26)27/h2-11H,12-13H2,1H3,(H,28,30). The first kappa shape index (κ1) is 21.6. The van der Waals surface area contributed by atoms with Crippen molar-refractivity contribution in [1.82, 2.24) is 9.88 Å². The normalized spacial score (nSPS) is 11.8. The molecule has 1 N–H and O–H groups in total. The summed E-state index contributed by atoms with van der Waals surface area (Å²) in [5.74, 6) is -0.324. The van der Waals surface area contributed by atoms with Crippen LogP contribution in [0.4, 0.5) is 13.2 Å². The minimum Gasteiger partial charge on any atom is -0.347 e. The quantitative estimate of drug-likeness (QED) is 0.318. The van der Waals surface area contributed by atoms with Crippen LogP contribution in [0.15, 0.2) is 65.1 Å². The van der Waals surface area contributed by atoms with Crippen molar-refractivity contribution in [3.05, 3.63) is 92.4 Å². The zero-order chi connectivity index (χ0) is 22.2. The van der Waals surface area contributed by atoms with E-state index in [2.05, 4.69) is 21.2 Å². The summed E-state index contributed by atoms with van der Waals surface area (Å²) in [5.41, 5.74) is 2.16. The number of nitrogens with one attached hydrogen (secondary N) is 1. The molecule has 0 unspecified atom stereocenters. The molecule has 2 aromatic heterocycles. The van der Waals surface area contributed by atoms with Crippen LogP contribution in [-0.2, 0) is 19.3 Å². The Morgan fingerprint density at radius 2 is 1.81 bits per heavy atom. The summed E-state index contributed by atoms with van der Waals surface area (Å²) in [6.45, 7) is 2.54. The third-order valence-corrected chi connectivity index (χ3v) is 6.42. The third kappa shape index (κ3) is 4.85. The molecule has 0 atom stereocenters. The molecule has 0 radical (unpaired) electrons. The highest BCUT2D eigenvalue weighted by Crippen LogP contribution is 2.31. The fourth-order valence-corrected chi connectivity index (χ4v) is 4.65. The first-order valence-corrected chi connectivity index (χ1v) is 11.1. The molecule has 8 heteroatoms. The zero-order valence-corrected chi connectivity index (χ0v) is 18.9. The van der Waals surface area contributed by atoms with Crippen molar-refractivity contribution in [1.29, 1.82) is 0 Å². The molecule has 0 saturated heterocycles. The Morgan fingerprint density at radius 3 is 2.52 bits per heavy atom. The summed E-state index contributed by atoms with van der Waals surface area (Å²) in [4.78, 5) is 14.1. The summed E-state index contributed by atoms with van der Waals surface area (Å²) in [5, 5.41) is 2.76. The monoisotopic (exact) mass is 506 g/mol. The lowest BCUT2D eigenvalue weighted by atomic mass is 10.1. The van der Waals surface area contributed by atoms with Gasteiger partial charge in [0.15, 0.2) is 0 Å².